The molecule has 6 heteroatoms. The van der Waals surface area contributed by atoms with Gasteiger partial charge in [-0.25, -0.2) is 4.79 Å². The van der Waals surface area contributed by atoms with Gasteiger partial charge >= 0.3 is 5.97 Å². The van der Waals surface area contributed by atoms with Crippen molar-refractivity contribution < 1.29 is 19.1 Å². The number of methoxy groups -OCH3 is 2. The van der Waals surface area contributed by atoms with Gasteiger partial charge < -0.3 is 14.4 Å². The van der Waals surface area contributed by atoms with E-state index in [0.717, 1.165) is 16.7 Å². The maximum atomic E-state index is 14.2. The first kappa shape index (κ1) is 27.4. The molecular formula is C32H38N2O4. The predicted octanol–water partition coefficient (Wildman–Crippen LogP) is 5.11. The Morgan fingerprint density at radius 3 is 2.08 bits per heavy atom. The van der Waals surface area contributed by atoms with Gasteiger partial charge in [-0.3, -0.25) is 9.69 Å². The first-order chi connectivity index (χ1) is 18.2. The Balaban J connectivity index is 1.75. The Kier molecular flexibility index (Phi) is 8.22. The van der Waals surface area contributed by atoms with Crippen LogP contribution in [0.15, 0.2) is 78.9 Å². The third-order valence-corrected chi connectivity index (χ3v) is 7.30. The minimum absolute atomic E-state index is 0.140. The van der Waals surface area contributed by atoms with Gasteiger partial charge in [-0.1, -0.05) is 87.5 Å². The van der Waals surface area contributed by atoms with Gasteiger partial charge in [-0.05, 0) is 34.2 Å². The summed E-state index contributed by atoms with van der Waals surface area (Å²) in [5.74, 6) is 0.0491. The fourth-order valence-corrected chi connectivity index (χ4v) is 5.38. The fraction of sp³-hybridized carbons (Fsp3) is 0.375. The van der Waals surface area contributed by atoms with Crippen LogP contribution in [0, 0.1) is 0 Å². The van der Waals surface area contributed by atoms with Crippen molar-refractivity contribution in [3.8, 4) is 5.75 Å². The molecule has 0 bridgehead atoms. The largest absolute Gasteiger partial charge is 0.496 e. The van der Waals surface area contributed by atoms with E-state index in [1.165, 1.54) is 7.11 Å². The second kappa shape index (κ2) is 11.4. The molecule has 1 amide bonds. The van der Waals surface area contributed by atoms with E-state index >= 15 is 0 Å². The third-order valence-electron chi connectivity index (χ3n) is 7.30. The standard InChI is InChI=1S/C32H38N2O4/c1-31(2,3)27-17-16-26(20-28(27)37-4)29(35)34-19-18-33(22-25-14-10-7-11-15-25)23-32(34,30(36)38-5)21-24-12-8-6-9-13-24/h6-17,20H,18-19,21-23H2,1-5H3. The Morgan fingerprint density at radius 2 is 1.50 bits per heavy atom. The molecule has 0 spiro atoms. The van der Waals surface area contributed by atoms with Gasteiger partial charge in [0.05, 0.1) is 14.2 Å². The lowest BCUT2D eigenvalue weighted by Gasteiger charge is -2.49. The molecule has 1 atom stereocenters. The highest BCUT2D eigenvalue weighted by atomic mass is 16.5. The number of rotatable bonds is 7. The summed E-state index contributed by atoms with van der Waals surface area (Å²) < 4.78 is 11.1. The zero-order chi connectivity index (χ0) is 27.3. The number of benzene rings is 3. The van der Waals surface area contributed by atoms with Crippen molar-refractivity contribution in [3.63, 3.8) is 0 Å². The van der Waals surface area contributed by atoms with E-state index in [1.54, 1.807) is 18.1 Å². The number of carbonyl (C=O) groups is 2. The monoisotopic (exact) mass is 514 g/mol. The van der Waals surface area contributed by atoms with Crippen molar-refractivity contribution >= 4 is 11.9 Å². The maximum absolute atomic E-state index is 14.2. The van der Waals surface area contributed by atoms with Gasteiger partial charge in [0.2, 0.25) is 0 Å². The number of esters is 1. The van der Waals surface area contributed by atoms with Crippen LogP contribution in [0.3, 0.4) is 0 Å². The van der Waals surface area contributed by atoms with Crippen molar-refractivity contribution in [1.29, 1.82) is 0 Å². The molecule has 1 aliphatic rings. The van der Waals surface area contributed by atoms with Crippen LogP contribution in [0.5, 0.6) is 5.75 Å². The van der Waals surface area contributed by atoms with Crippen molar-refractivity contribution in [2.24, 2.45) is 0 Å². The molecule has 1 saturated heterocycles. The minimum atomic E-state index is -1.18. The van der Waals surface area contributed by atoms with E-state index in [0.29, 0.717) is 43.9 Å². The van der Waals surface area contributed by atoms with Crippen LogP contribution in [-0.4, -0.2) is 61.1 Å². The first-order valence-corrected chi connectivity index (χ1v) is 13.1. The molecule has 200 valence electrons. The van der Waals surface area contributed by atoms with Gasteiger partial charge in [0.25, 0.3) is 5.91 Å². The average Bonchev–Trinajstić information content (AvgIpc) is 2.92. The Morgan fingerprint density at radius 1 is 0.868 bits per heavy atom. The summed E-state index contributed by atoms with van der Waals surface area (Å²) in [5, 5.41) is 0. The highest BCUT2D eigenvalue weighted by molar-refractivity contribution is 5.99. The van der Waals surface area contributed by atoms with Gasteiger partial charge in [0.1, 0.15) is 5.75 Å². The van der Waals surface area contributed by atoms with Crippen LogP contribution in [-0.2, 0) is 27.9 Å². The van der Waals surface area contributed by atoms with Gasteiger partial charge in [0, 0.05) is 38.2 Å². The molecule has 0 saturated carbocycles. The lowest BCUT2D eigenvalue weighted by molar-refractivity contribution is -0.158. The first-order valence-electron chi connectivity index (χ1n) is 13.1. The molecule has 3 aromatic rings. The van der Waals surface area contributed by atoms with Gasteiger partial charge in [-0.15, -0.1) is 0 Å². The number of amides is 1. The average molecular weight is 515 g/mol. The highest BCUT2D eigenvalue weighted by Gasteiger charge is 2.51. The zero-order valence-corrected chi connectivity index (χ0v) is 23.1. The molecular weight excluding hydrogens is 476 g/mol. The maximum Gasteiger partial charge on any atom is 0.333 e. The van der Waals surface area contributed by atoms with Crippen molar-refractivity contribution in [2.75, 3.05) is 33.9 Å². The summed E-state index contributed by atoms with van der Waals surface area (Å²) in [6, 6.07) is 25.6. The molecule has 1 aliphatic heterocycles. The second-order valence-electron chi connectivity index (χ2n) is 11.0. The zero-order valence-electron chi connectivity index (χ0n) is 23.1. The normalized spacial score (nSPS) is 18.2. The minimum Gasteiger partial charge on any atom is -0.496 e. The number of piperazine rings is 1. The van der Waals surface area contributed by atoms with E-state index in [4.69, 9.17) is 9.47 Å². The Hall–Kier alpha value is -3.64. The number of nitrogens with zero attached hydrogens (tertiary/aromatic N) is 2. The van der Waals surface area contributed by atoms with Crippen molar-refractivity contribution in [1.82, 2.24) is 9.80 Å². The van der Waals surface area contributed by atoms with Crippen LogP contribution in [0.2, 0.25) is 0 Å². The van der Waals surface area contributed by atoms with Gasteiger partial charge in [-0.2, -0.15) is 0 Å². The summed E-state index contributed by atoms with van der Waals surface area (Å²) in [7, 11) is 3.02. The summed E-state index contributed by atoms with van der Waals surface area (Å²) in [4.78, 5) is 31.8. The molecule has 1 heterocycles. The molecule has 38 heavy (non-hydrogen) atoms. The molecule has 1 unspecified atom stereocenters. The lowest BCUT2D eigenvalue weighted by Crippen LogP contribution is -2.68. The smallest absolute Gasteiger partial charge is 0.333 e. The van der Waals surface area contributed by atoms with Crippen LogP contribution in [0.1, 0.15) is 47.8 Å². The molecule has 3 aromatic carbocycles. The summed E-state index contributed by atoms with van der Waals surface area (Å²) in [6.45, 7) is 8.43. The summed E-state index contributed by atoms with van der Waals surface area (Å²) in [5.41, 5.74) is 2.32. The molecule has 1 fully saturated rings. The molecule has 0 N–H and O–H groups in total. The van der Waals surface area contributed by atoms with Crippen LogP contribution < -0.4 is 4.74 Å². The molecule has 6 nitrogen and oxygen atoms in total. The fourth-order valence-electron chi connectivity index (χ4n) is 5.38. The SMILES string of the molecule is COC(=O)C1(Cc2ccccc2)CN(Cc2ccccc2)CCN1C(=O)c1ccc(C(C)(C)C)c(OC)c1. The Labute approximate surface area is 226 Å². The predicted molar refractivity (Wildman–Crippen MR) is 149 cm³/mol. The molecule has 0 aromatic heterocycles. The third kappa shape index (κ3) is 5.76. The van der Waals surface area contributed by atoms with E-state index in [-0.39, 0.29) is 11.3 Å². The van der Waals surface area contributed by atoms with Crippen LogP contribution in [0.25, 0.3) is 0 Å². The summed E-state index contributed by atoms with van der Waals surface area (Å²) >= 11 is 0. The van der Waals surface area contributed by atoms with E-state index in [9.17, 15) is 9.59 Å². The molecule has 4 rings (SSSR count). The number of ether oxygens (including phenoxy) is 2. The number of hydrogen-bond donors (Lipinski definition) is 0. The Bertz CT molecular complexity index is 1250. The highest BCUT2D eigenvalue weighted by Crippen LogP contribution is 2.35. The number of hydrogen-bond acceptors (Lipinski definition) is 5. The lowest BCUT2D eigenvalue weighted by atomic mass is 9.84. The topological polar surface area (TPSA) is 59.1 Å². The van der Waals surface area contributed by atoms with Crippen molar-refractivity contribution in [3.05, 3.63) is 101 Å². The van der Waals surface area contributed by atoms with E-state index in [2.05, 4.69) is 37.8 Å². The molecule has 0 radical (unpaired) electrons. The van der Waals surface area contributed by atoms with E-state index < -0.39 is 11.5 Å². The van der Waals surface area contributed by atoms with Crippen LogP contribution >= 0.6 is 0 Å². The van der Waals surface area contributed by atoms with Crippen LogP contribution in [0.4, 0.5) is 0 Å². The van der Waals surface area contributed by atoms with Gasteiger partial charge in [0.15, 0.2) is 5.54 Å². The quantitative estimate of drug-likeness (QED) is 0.411. The van der Waals surface area contributed by atoms with E-state index in [1.807, 2.05) is 60.7 Å². The second-order valence-corrected chi connectivity index (χ2v) is 11.0. The number of carbonyl (C=O) groups excluding carboxylic acids is 2. The molecule has 0 aliphatic carbocycles. The van der Waals surface area contributed by atoms with Crippen molar-refractivity contribution in [2.45, 2.75) is 44.7 Å². The summed E-state index contributed by atoms with van der Waals surface area (Å²) in [6.07, 6.45) is 0.356.